The van der Waals surface area contributed by atoms with Crippen molar-refractivity contribution in [3.63, 3.8) is 0 Å². The molecule has 1 heterocycles. The van der Waals surface area contributed by atoms with Crippen molar-refractivity contribution < 1.29 is 31.9 Å². The molecule has 0 aliphatic heterocycles. The number of carbonyl (C=O) groups excluding carboxylic acids is 3. The molecular weight excluding hydrogens is 554 g/mol. The third kappa shape index (κ3) is 7.13. The first kappa shape index (κ1) is 29.8. The first-order chi connectivity index (χ1) is 18.8. The Labute approximate surface area is 234 Å². The van der Waals surface area contributed by atoms with E-state index in [1.165, 1.54) is 13.1 Å². The number of halogens is 5. The summed E-state index contributed by atoms with van der Waals surface area (Å²) in [6, 6.07) is 2.58. The Hall–Kier alpha value is -3.15. The lowest BCUT2D eigenvalue weighted by Crippen LogP contribution is -2.50. The predicted molar refractivity (Wildman–Crippen MR) is 140 cm³/mol. The fraction of sp³-hybridized carbons (Fsp3) is 0.556. The molecule has 2 fully saturated rings. The van der Waals surface area contributed by atoms with Gasteiger partial charge in [0.2, 0.25) is 11.8 Å². The molecule has 218 valence electrons. The molecule has 0 saturated heterocycles. The number of nitrogens with one attached hydrogen (secondary N) is 3. The molecular formula is C27H32ClF4N5O3. The van der Waals surface area contributed by atoms with Crippen LogP contribution in [0, 0.1) is 23.6 Å². The van der Waals surface area contributed by atoms with Crippen LogP contribution in [-0.2, 0) is 9.59 Å². The molecule has 8 nitrogen and oxygen atoms in total. The highest BCUT2D eigenvalue weighted by molar-refractivity contribution is 6.32. The van der Waals surface area contributed by atoms with Gasteiger partial charge in [-0.3, -0.25) is 19.1 Å². The standard InChI is InChI=1S/C27H32ClF4N5O3/c1-13(2)37-21(8-9-34-37)25(39)36-23(22(15-4-5-15)16-6-7-16)26(40)35-20-11-18(28)17(10-19(20)29)14(3)24(38)33-12-27(30,31)32/h8-11,13-16,22-23H,4-7,12H2,1-3H3,(H,33,38)(H,35,40)(H,36,39). The van der Waals surface area contributed by atoms with Crippen LogP contribution in [0.1, 0.15) is 74.5 Å². The number of amides is 3. The van der Waals surface area contributed by atoms with E-state index in [1.807, 2.05) is 13.8 Å². The van der Waals surface area contributed by atoms with Gasteiger partial charge in [-0.05, 0) is 88.0 Å². The highest BCUT2D eigenvalue weighted by Crippen LogP contribution is 2.51. The fourth-order valence-electron chi connectivity index (χ4n) is 5.03. The maximum atomic E-state index is 15.1. The minimum Gasteiger partial charge on any atom is -0.346 e. The molecule has 2 aliphatic carbocycles. The second-order valence-corrected chi connectivity index (χ2v) is 11.3. The van der Waals surface area contributed by atoms with Crippen LogP contribution in [0.25, 0.3) is 0 Å². The average Bonchev–Trinajstić information content (AvgIpc) is 3.82. The Balaban J connectivity index is 1.54. The third-order valence-electron chi connectivity index (χ3n) is 7.35. The van der Waals surface area contributed by atoms with Gasteiger partial charge >= 0.3 is 6.18 Å². The van der Waals surface area contributed by atoms with E-state index in [0.717, 1.165) is 37.8 Å². The zero-order chi connectivity index (χ0) is 29.4. The summed E-state index contributed by atoms with van der Waals surface area (Å²) in [5.41, 5.74) is 0.00505. The van der Waals surface area contributed by atoms with Gasteiger partial charge in [-0.1, -0.05) is 11.6 Å². The molecule has 0 spiro atoms. The summed E-state index contributed by atoms with van der Waals surface area (Å²) in [7, 11) is 0. The van der Waals surface area contributed by atoms with E-state index < -0.39 is 48.2 Å². The number of carbonyl (C=O) groups is 3. The van der Waals surface area contributed by atoms with Crippen molar-refractivity contribution in [3.05, 3.63) is 46.5 Å². The molecule has 1 aromatic carbocycles. The molecule has 40 heavy (non-hydrogen) atoms. The summed E-state index contributed by atoms with van der Waals surface area (Å²) < 4.78 is 54.1. The lowest BCUT2D eigenvalue weighted by molar-refractivity contribution is -0.139. The molecule has 0 radical (unpaired) electrons. The topological polar surface area (TPSA) is 105 Å². The highest BCUT2D eigenvalue weighted by atomic mass is 35.5. The SMILES string of the molecule is CC(C(=O)NCC(F)(F)F)c1cc(F)c(NC(=O)C(NC(=O)c2ccnn2C(C)C)C(C2CC2)C2CC2)cc1Cl. The zero-order valence-electron chi connectivity index (χ0n) is 22.3. The predicted octanol–water partition coefficient (Wildman–Crippen LogP) is 5.21. The number of anilines is 1. The highest BCUT2D eigenvalue weighted by Gasteiger charge is 2.48. The second-order valence-electron chi connectivity index (χ2n) is 10.9. The Morgan fingerprint density at radius 2 is 1.70 bits per heavy atom. The first-order valence-electron chi connectivity index (χ1n) is 13.3. The molecule has 4 rings (SSSR count). The second kappa shape index (κ2) is 11.8. The van der Waals surface area contributed by atoms with Crippen LogP contribution in [0.3, 0.4) is 0 Å². The molecule has 0 bridgehead atoms. The van der Waals surface area contributed by atoms with Crippen molar-refractivity contribution in [2.75, 3.05) is 11.9 Å². The van der Waals surface area contributed by atoms with Crippen LogP contribution >= 0.6 is 11.6 Å². The quantitative estimate of drug-likeness (QED) is 0.315. The van der Waals surface area contributed by atoms with Crippen molar-refractivity contribution in [3.8, 4) is 0 Å². The van der Waals surface area contributed by atoms with E-state index in [0.29, 0.717) is 5.69 Å². The van der Waals surface area contributed by atoms with E-state index in [2.05, 4.69) is 15.7 Å². The van der Waals surface area contributed by atoms with Gasteiger partial charge in [-0.2, -0.15) is 18.3 Å². The number of hydrogen-bond donors (Lipinski definition) is 3. The molecule has 3 amide bonds. The molecule has 13 heteroatoms. The molecule has 2 saturated carbocycles. The number of alkyl halides is 3. The van der Waals surface area contributed by atoms with E-state index in [-0.39, 0.29) is 40.1 Å². The van der Waals surface area contributed by atoms with Gasteiger partial charge < -0.3 is 16.0 Å². The summed E-state index contributed by atoms with van der Waals surface area (Å²) in [5.74, 6) is -3.72. The Morgan fingerprint density at radius 1 is 1.07 bits per heavy atom. The fourth-order valence-corrected chi connectivity index (χ4v) is 5.36. The number of nitrogens with zero attached hydrogens (tertiary/aromatic N) is 2. The normalized spacial score (nSPS) is 17.1. The van der Waals surface area contributed by atoms with Crippen molar-refractivity contribution in [2.45, 2.75) is 70.6 Å². The van der Waals surface area contributed by atoms with Crippen LogP contribution in [0.4, 0.5) is 23.2 Å². The zero-order valence-corrected chi connectivity index (χ0v) is 23.1. The van der Waals surface area contributed by atoms with E-state index >= 15 is 4.39 Å². The number of rotatable bonds is 11. The molecule has 2 aliphatic rings. The van der Waals surface area contributed by atoms with Crippen LogP contribution in [0.15, 0.2) is 24.4 Å². The van der Waals surface area contributed by atoms with Gasteiger partial charge in [0, 0.05) is 17.3 Å². The molecule has 3 N–H and O–H groups in total. The van der Waals surface area contributed by atoms with E-state index in [1.54, 1.807) is 16.1 Å². The van der Waals surface area contributed by atoms with Gasteiger partial charge in [0.05, 0.1) is 11.6 Å². The van der Waals surface area contributed by atoms with Crippen molar-refractivity contribution >= 4 is 35.0 Å². The van der Waals surface area contributed by atoms with Crippen LogP contribution in [0.5, 0.6) is 0 Å². The minimum absolute atomic E-state index is 0.0301. The molecule has 2 aromatic rings. The molecule has 1 aromatic heterocycles. The van der Waals surface area contributed by atoms with Gasteiger partial charge in [0.1, 0.15) is 24.1 Å². The van der Waals surface area contributed by atoms with Gasteiger partial charge in [0.15, 0.2) is 0 Å². The summed E-state index contributed by atoms with van der Waals surface area (Å²) >= 11 is 6.28. The van der Waals surface area contributed by atoms with Crippen molar-refractivity contribution in [1.29, 1.82) is 0 Å². The third-order valence-corrected chi connectivity index (χ3v) is 7.67. The average molecular weight is 586 g/mol. The number of aromatic nitrogens is 2. The van der Waals surface area contributed by atoms with E-state index in [4.69, 9.17) is 11.6 Å². The molecule has 2 atom stereocenters. The van der Waals surface area contributed by atoms with Gasteiger partial charge in [0.25, 0.3) is 5.91 Å². The summed E-state index contributed by atoms with van der Waals surface area (Å²) in [6.07, 6.45) is 0.661. The van der Waals surface area contributed by atoms with Gasteiger partial charge in [-0.15, -0.1) is 0 Å². The summed E-state index contributed by atoms with van der Waals surface area (Å²) in [5, 5.41) is 11.2. The lowest BCUT2D eigenvalue weighted by Gasteiger charge is -2.28. The first-order valence-corrected chi connectivity index (χ1v) is 13.6. The van der Waals surface area contributed by atoms with Crippen LogP contribution < -0.4 is 16.0 Å². The number of benzene rings is 1. The number of hydrogen-bond acceptors (Lipinski definition) is 4. The van der Waals surface area contributed by atoms with E-state index in [9.17, 15) is 27.6 Å². The Morgan fingerprint density at radius 3 is 2.25 bits per heavy atom. The largest absolute Gasteiger partial charge is 0.405 e. The van der Waals surface area contributed by atoms with Crippen LogP contribution in [-0.4, -0.2) is 46.3 Å². The Bertz CT molecular complexity index is 1260. The lowest BCUT2D eigenvalue weighted by atomic mass is 9.88. The molecule has 2 unspecified atom stereocenters. The summed E-state index contributed by atoms with van der Waals surface area (Å²) in [6.45, 7) is 3.52. The maximum Gasteiger partial charge on any atom is 0.405 e. The van der Waals surface area contributed by atoms with Gasteiger partial charge in [-0.25, -0.2) is 4.39 Å². The Kier molecular flexibility index (Phi) is 8.77. The monoisotopic (exact) mass is 585 g/mol. The smallest absolute Gasteiger partial charge is 0.346 e. The maximum absolute atomic E-state index is 15.1. The van der Waals surface area contributed by atoms with Crippen molar-refractivity contribution in [2.24, 2.45) is 17.8 Å². The summed E-state index contributed by atoms with van der Waals surface area (Å²) in [4.78, 5) is 39.0. The van der Waals surface area contributed by atoms with Crippen molar-refractivity contribution in [1.82, 2.24) is 20.4 Å². The minimum atomic E-state index is -4.60. The van der Waals surface area contributed by atoms with Crippen LogP contribution in [0.2, 0.25) is 5.02 Å².